The third-order valence-electron chi connectivity index (χ3n) is 4.36. The number of benzene rings is 1. The second-order valence-electron chi connectivity index (χ2n) is 5.89. The van der Waals surface area contributed by atoms with Gasteiger partial charge in [0.05, 0.1) is 11.8 Å². The van der Waals surface area contributed by atoms with Gasteiger partial charge in [0.15, 0.2) is 0 Å². The molecule has 2 fully saturated rings. The van der Waals surface area contributed by atoms with Crippen LogP contribution in [0, 0.1) is 11.8 Å². The molecule has 5 nitrogen and oxygen atoms in total. The highest BCUT2D eigenvalue weighted by atomic mass is 79.9. The van der Waals surface area contributed by atoms with Crippen LogP contribution >= 0.6 is 31.9 Å². The SMILES string of the molecule is O=C(CN1C(=O)[C@@H]2C[C@@H](Br)[C@@H](Br)C[C@H]2C1=O)Nc1ccccc1. The second-order valence-corrected chi connectivity index (χ2v) is 8.25. The summed E-state index contributed by atoms with van der Waals surface area (Å²) in [5.74, 6) is -1.45. The molecule has 0 spiro atoms. The maximum Gasteiger partial charge on any atom is 0.244 e. The van der Waals surface area contributed by atoms with E-state index in [2.05, 4.69) is 37.2 Å². The van der Waals surface area contributed by atoms with Gasteiger partial charge in [-0.05, 0) is 25.0 Å². The number of nitrogens with zero attached hydrogens (tertiary/aromatic N) is 1. The summed E-state index contributed by atoms with van der Waals surface area (Å²) in [6.07, 6.45) is 1.23. The van der Waals surface area contributed by atoms with E-state index in [1.165, 1.54) is 0 Å². The molecule has 0 unspecified atom stereocenters. The van der Waals surface area contributed by atoms with Crippen molar-refractivity contribution >= 4 is 55.3 Å². The van der Waals surface area contributed by atoms with Crippen LogP contribution in [-0.2, 0) is 14.4 Å². The third-order valence-corrected chi connectivity index (χ3v) is 7.10. The Morgan fingerprint density at radius 3 is 2.09 bits per heavy atom. The Bertz CT molecular complexity index is 609. The zero-order chi connectivity index (χ0) is 16.6. The summed E-state index contributed by atoms with van der Waals surface area (Å²) in [4.78, 5) is 38.5. The number of imide groups is 1. The Morgan fingerprint density at radius 2 is 1.57 bits per heavy atom. The number of rotatable bonds is 3. The van der Waals surface area contributed by atoms with Gasteiger partial charge in [-0.3, -0.25) is 19.3 Å². The number of likely N-dealkylation sites (tertiary alicyclic amines) is 1. The van der Waals surface area contributed by atoms with Crippen molar-refractivity contribution in [2.45, 2.75) is 22.5 Å². The van der Waals surface area contributed by atoms with E-state index in [-0.39, 0.29) is 45.8 Å². The van der Waals surface area contributed by atoms with Gasteiger partial charge in [0.1, 0.15) is 6.54 Å². The minimum absolute atomic E-state index is 0.165. The predicted octanol–water partition coefficient (Wildman–Crippen LogP) is 2.55. The van der Waals surface area contributed by atoms with E-state index in [0.29, 0.717) is 18.5 Å². The molecular formula is C16H16Br2N2O3. The van der Waals surface area contributed by atoms with Crippen molar-refractivity contribution in [1.29, 1.82) is 0 Å². The molecule has 1 N–H and O–H groups in total. The Kier molecular flexibility index (Phi) is 4.87. The van der Waals surface area contributed by atoms with E-state index in [9.17, 15) is 14.4 Å². The molecule has 3 amide bonds. The number of fused-ring (bicyclic) bond motifs is 1. The topological polar surface area (TPSA) is 66.5 Å². The van der Waals surface area contributed by atoms with E-state index in [1.807, 2.05) is 18.2 Å². The normalized spacial score (nSPS) is 30.3. The fourth-order valence-corrected chi connectivity index (χ4v) is 4.42. The number of hydrogen-bond donors (Lipinski definition) is 1. The van der Waals surface area contributed by atoms with Gasteiger partial charge < -0.3 is 5.32 Å². The number of anilines is 1. The lowest BCUT2D eigenvalue weighted by atomic mass is 9.81. The molecular weight excluding hydrogens is 428 g/mol. The van der Waals surface area contributed by atoms with Crippen LogP contribution in [0.3, 0.4) is 0 Å². The van der Waals surface area contributed by atoms with Crippen LogP contribution in [0.4, 0.5) is 5.69 Å². The standard InChI is InChI=1S/C16H16Br2N2O3/c17-12-6-10-11(7-13(12)18)16(23)20(15(10)22)8-14(21)19-9-4-2-1-3-5-9/h1-5,10-13H,6-8H2,(H,19,21)/t10-,11-,12-,13+/m1/s1. The summed E-state index contributed by atoms with van der Waals surface area (Å²) in [6.45, 7) is -0.223. The predicted molar refractivity (Wildman–Crippen MR) is 93.4 cm³/mol. The number of carbonyl (C=O) groups is 3. The molecule has 23 heavy (non-hydrogen) atoms. The lowest BCUT2D eigenvalue weighted by Crippen LogP contribution is -2.38. The first kappa shape index (κ1) is 16.6. The van der Waals surface area contributed by atoms with Crippen LogP contribution in [-0.4, -0.2) is 38.8 Å². The van der Waals surface area contributed by atoms with Crippen LogP contribution in [0.5, 0.6) is 0 Å². The van der Waals surface area contributed by atoms with E-state index < -0.39 is 0 Å². The maximum atomic E-state index is 12.5. The lowest BCUT2D eigenvalue weighted by molar-refractivity contribution is -0.142. The van der Waals surface area contributed by atoms with Gasteiger partial charge in [0.2, 0.25) is 17.7 Å². The molecule has 1 aliphatic carbocycles. The number of amides is 3. The molecule has 1 aromatic carbocycles. The number of alkyl halides is 2. The van der Waals surface area contributed by atoms with Gasteiger partial charge in [-0.15, -0.1) is 0 Å². The van der Waals surface area contributed by atoms with Crippen molar-refractivity contribution < 1.29 is 14.4 Å². The Balaban J connectivity index is 1.67. The summed E-state index contributed by atoms with van der Waals surface area (Å²) < 4.78 is 0. The van der Waals surface area contributed by atoms with Crippen molar-refractivity contribution in [1.82, 2.24) is 4.90 Å². The molecule has 7 heteroatoms. The highest BCUT2D eigenvalue weighted by Crippen LogP contribution is 2.43. The van der Waals surface area contributed by atoms with Crippen molar-refractivity contribution in [2.75, 3.05) is 11.9 Å². The van der Waals surface area contributed by atoms with Gasteiger partial charge >= 0.3 is 0 Å². The Morgan fingerprint density at radius 1 is 1.04 bits per heavy atom. The number of carbonyl (C=O) groups excluding carboxylic acids is 3. The van der Waals surface area contributed by atoms with E-state index >= 15 is 0 Å². The summed E-state index contributed by atoms with van der Waals surface area (Å²) in [5, 5.41) is 2.71. The first-order valence-corrected chi connectivity index (χ1v) is 9.28. The highest BCUT2D eigenvalue weighted by molar-refractivity contribution is 9.12. The molecule has 0 radical (unpaired) electrons. The van der Waals surface area contributed by atoms with Crippen molar-refractivity contribution in [3.63, 3.8) is 0 Å². The Labute approximate surface area is 151 Å². The fraction of sp³-hybridized carbons (Fsp3) is 0.438. The molecule has 1 saturated carbocycles. The average Bonchev–Trinajstić information content (AvgIpc) is 2.74. The van der Waals surface area contributed by atoms with Crippen LogP contribution in [0.15, 0.2) is 30.3 Å². The largest absolute Gasteiger partial charge is 0.325 e. The van der Waals surface area contributed by atoms with Gasteiger partial charge in [0, 0.05) is 15.3 Å². The van der Waals surface area contributed by atoms with E-state index in [1.54, 1.807) is 12.1 Å². The summed E-state index contributed by atoms with van der Waals surface area (Å²) in [6, 6.07) is 8.98. The van der Waals surface area contributed by atoms with Crippen molar-refractivity contribution in [3.05, 3.63) is 30.3 Å². The molecule has 2 aliphatic rings. The van der Waals surface area contributed by atoms with Crippen molar-refractivity contribution in [3.8, 4) is 0 Å². The van der Waals surface area contributed by atoms with E-state index in [4.69, 9.17) is 0 Å². The van der Waals surface area contributed by atoms with Crippen LogP contribution in [0.2, 0.25) is 0 Å². The highest BCUT2D eigenvalue weighted by Gasteiger charge is 2.52. The quantitative estimate of drug-likeness (QED) is 0.576. The molecule has 0 aromatic heterocycles. The average molecular weight is 444 g/mol. The van der Waals surface area contributed by atoms with Crippen LogP contribution < -0.4 is 5.32 Å². The lowest BCUT2D eigenvalue weighted by Gasteiger charge is -2.29. The minimum Gasteiger partial charge on any atom is -0.325 e. The first-order valence-electron chi connectivity index (χ1n) is 7.45. The molecule has 4 atom stereocenters. The van der Waals surface area contributed by atoms with Gasteiger partial charge in [0.25, 0.3) is 0 Å². The number of nitrogens with one attached hydrogen (secondary N) is 1. The van der Waals surface area contributed by atoms with Gasteiger partial charge in [-0.25, -0.2) is 0 Å². The fourth-order valence-electron chi connectivity index (χ4n) is 3.19. The van der Waals surface area contributed by atoms with E-state index in [0.717, 1.165) is 4.90 Å². The summed E-state index contributed by atoms with van der Waals surface area (Å²) in [5.41, 5.74) is 0.648. The van der Waals surface area contributed by atoms with Crippen LogP contribution in [0.1, 0.15) is 12.8 Å². The molecule has 1 aliphatic heterocycles. The summed E-state index contributed by atoms with van der Waals surface area (Å²) in [7, 11) is 0. The first-order chi connectivity index (χ1) is 11.0. The monoisotopic (exact) mass is 442 g/mol. The molecule has 0 bridgehead atoms. The smallest absolute Gasteiger partial charge is 0.244 e. The maximum absolute atomic E-state index is 12.5. The zero-order valence-corrected chi connectivity index (χ0v) is 15.4. The molecule has 1 aromatic rings. The van der Waals surface area contributed by atoms with Crippen molar-refractivity contribution in [2.24, 2.45) is 11.8 Å². The second kappa shape index (κ2) is 6.73. The third kappa shape index (κ3) is 3.35. The van der Waals surface area contributed by atoms with Gasteiger partial charge in [-0.2, -0.15) is 0 Å². The van der Waals surface area contributed by atoms with Crippen LogP contribution in [0.25, 0.3) is 0 Å². The summed E-state index contributed by atoms with van der Waals surface area (Å²) >= 11 is 7.09. The number of halogens is 2. The number of hydrogen-bond acceptors (Lipinski definition) is 3. The minimum atomic E-state index is -0.359. The van der Waals surface area contributed by atoms with Gasteiger partial charge in [-0.1, -0.05) is 50.1 Å². The molecule has 122 valence electrons. The molecule has 1 saturated heterocycles. The Hall–Kier alpha value is -1.21. The zero-order valence-electron chi connectivity index (χ0n) is 12.2. The molecule has 3 rings (SSSR count). The number of para-hydroxylation sites is 1. The molecule has 1 heterocycles.